The Kier molecular flexibility index (Phi) is 4.94. The van der Waals surface area contributed by atoms with Gasteiger partial charge in [0, 0.05) is 30.1 Å². The van der Waals surface area contributed by atoms with Crippen LogP contribution < -0.4 is 4.90 Å². The van der Waals surface area contributed by atoms with E-state index in [-0.39, 0.29) is 22.4 Å². The highest BCUT2D eigenvalue weighted by molar-refractivity contribution is 6.15. The number of aromatic carboxylic acids is 1. The number of carboxylic acids is 1. The van der Waals surface area contributed by atoms with Gasteiger partial charge in [-0.15, -0.1) is 0 Å². The van der Waals surface area contributed by atoms with E-state index in [1.807, 2.05) is 43.1 Å². The Hall–Kier alpha value is -3.60. The van der Waals surface area contributed by atoms with Crippen molar-refractivity contribution in [1.82, 2.24) is 0 Å². The topological polar surface area (TPSA) is 77.8 Å². The van der Waals surface area contributed by atoms with Gasteiger partial charge < -0.3 is 15.1 Å². The Morgan fingerprint density at radius 1 is 0.852 bits per heavy atom. The highest BCUT2D eigenvalue weighted by Gasteiger charge is 2.20. The summed E-state index contributed by atoms with van der Waals surface area (Å²) in [4.78, 5) is 26.0. The number of aromatic hydroxyl groups is 1. The van der Waals surface area contributed by atoms with Crippen molar-refractivity contribution in [2.24, 2.45) is 0 Å². The molecule has 5 nitrogen and oxygen atoms in total. The Labute approximate surface area is 157 Å². The number of carbonyl (C=O) groups excluding carboxylic acids is 1. The van der Waals surface area contributed by atoms with Crippen molar-refractivity contribution in [3.63, 3.8) is 0 Å². The summed E-state index contributed by atoms with van der Waals surface area (Å²) in [6.07, 6.45) is 0. The maximum absolute atomic E-state index is 12.8. The summed E-state index contributed by atoms with van der Waals surface area (Å²) < 4.78 is 0. The van der Waals surface area contributed by atoms with E-state index in [9.17, 15) is 19.8 Å². The minimum Gasteiger partial charge on any atom is -0.507 e. The minimum atomic E-state index is -1.19. The SMILES string of the molecule is Cc1ccccc1N(C)c1ccc(C(=O)c2ccccc2C(=O)O)c(O)c1. The van der Waals surface area contributed by atoms with Gasteiger partial charge in [0.2, 0.25) is 0 Å². The number of benzene rings is 3. The number of rotatable bonds is 5. The highest BCUT2D eigenvalue weighted by Crippen LogP contribution is 2.31. The van der Waals surface area contributed by atoms with E-state index in [1.165, 1.54) is 24.3 Å². The summed E-state index contributed by atoms with van der Waals surface area (Å²) in [7, 11) is 1.87. The zero-order valence-corrected chi connectivity index (χ0v) is 15.0. The molecule has 0 radical (unpaired) electrons. The van der Waals surface area contributed by atoms with E-state index in [2.05, 4.69) is 0 Å². The number of anilines is 2. The predicted molar refractivity (Wildman–Crippen MR) is 104 cm³/mol. The molecule has 2 N–H and O–H groups in total. The van der Waals surface area contributed by atoms with Crippen LogP contribution >= 0.6 is 0 Å². The van der Waals surface area contributed by atoms with Gasteiger partial charge in [-0.25, -0.2) is 4.79 Å². The van der Waals surface area contributed by atoms with Crippen molar-refractivity contribution in [2.75, 3.05) is 11.9 Å². The van der Waals surface area contributed by atoms with Crippen LogP contribution in [0.5, 0.6) is 5.75 Å². The van der Waals surface area contributed by atoms with Gasteiger partial charge >= 0.3 is 5.97 Å². The maximum atomic E-state index is 12.8. The first-order valence-electron chi connectivity index (χ1n) is 8.39. The van der Waals surface area contributed by atoms with Gasteiger partial charge in [-0.05, 0) is 36.8 Å². The summed E-state index contributed by atoms with van der Waals surface area (Å²) >= 11 is 0. The first-order valence-corrected chi connectivity index (χ1v) is 8.39. The molecule has 0 spiro atoms. The van der Waals surface area contributed by atoms with Crippen LogP contribution in [0.1, 0.15) is 31.8 Å². The quantitative estimate of drug-likeness (QED) is 0.659. The van der Waals surface area contributed by atoms with Crippen LogP contribution in [0.3, 0.4) is 0 Å². The predicted octanol–water partition coefficient (Wildman–Crippen LogP) is 4.40. The molecule has 3 rings (SSSR count). The van der Waals surface area contributed by atoms with Gasteiger partial charge in [0.05, 0.1) is 11.1 Å². The van der Waals surface area contributed by atoms with Gasteiger partial charge in [0.25, 0.3) is 0 Å². The van der Waals surface area contributed by atoms with E-state index in [0.717, 1.165) is 11.3 Å². The molecule has 0 aromatic heterocycles. The maximum Gasteiger partial charge on any atom is 0.336 e. The number of para-hydroxylation sites is 1. The number of aryl methyl sites for hydroxylation is 1. The number of hydrogen-bond acceptors (Lipinski definition) is 4. The summed E-state index contributed by atoms with van der Waals surface area (Å²) in [5, 5.41) is 19.7. The van der Waals surface area contributed by atoms with Crippen LogP contribution in [-0.2, 0) is 0 Å². The van der Waals surface area contributed by atoms with Crippen molar-refractivity contribution < 1.29 is 19.8 Å². The van der Waals surface area contributed by atoms with Crippen molar-refractivity contribution in [3.05, 3.63) is 89.0 Å². The largest absolute Gasteiger partial charge is 0.507 e. The number of hydrogen-bond donors (Lipinski definition) is 2. The second kappa shape index (κ2) is 7.33. The Bertz CT molecular complexity index is 1030. The average Bonchev–Trinajstić information content (AvgIpc) is 2.67. The van der Waals surface area contributed by atoms with Crippen molar-refractivity contribution in [1.29, 1.82) is 0 Å². The molecular weight excluding hydrogens is 342 g/mol. The average molecular weight is 361 g/mol. The first-order chi connectivity index (χ1) is 12.9. The van der Waals surface area contributed by atoms with Crippen molar-refractivity contribution in [3.8, 4) is 5.75 Å². The van der Waals surface area contributed by atoms with Gasteiger partial charge in [0.15, 0.2) is 5.78 Å². The third-order valence-electron chi connectivity index (χ3n) is 4.49. The molecule has 0 heterocycles. The van der Waals surface area contributed by atoms with Crippen LogP contribution in [0.2, 0.25) is 0 Å². The molecule has 136 valence electrons. The molecule has 0 bridgehead atoms. The second-order valence-electron chi connectivity index (χ2n) is 6.23. The summed E-state index contributed by atoms with van der Waals surface area (Å²) in [6, 6.07) is 18.5. The molecule has 0 amide bonds. The zero-order valence-electron chi connectivity index (χ0n) is 15.0. The fraction of sp³-hybridized carbons (Fsp3) is 0.0909. The number of phenols is 1. The van der Waals surface area contributed by atoms with Crippen molar-refractivity contribution in [2.45, 2.75) is 6.92 Å². The van der Waals surface area contributed by atoms with Gasteiger partial charge in [-0.2, -0.15) is 0 Å². The smallest absolute Gasteiger partial charge is 0.336 e. The summed E-state index contributed by atoms with van der Waals surface area (Å²) in [5.41, 5.74) is 2.78. The fourth-order valence-electron chi connectivity index (χ4n) is 3.01. The molecule has 3 aromatic rings. The lowest BCUT2D eigenvalue weighted by molar-refractivity contribution is 0.0692. The Morgan fingerprint density at radius 3 is 2.11 bits per heavy atom. The minimum absolute atomic E-state index is 0.0420. The number of ketones is 1. The van der Waals surface area contributed by atoms with Gasteiger partial charge in [-0.1, -0.05) is 36.4 Å². The molecule has 5 heteroatoms. The summed E-state index contributed by atoms with van der Waals surface area (Å²) in [6.45, 7) is 1.99. The zero-order chi connectivity index (χ0) is 19.6. The van der Waals surface area contributed by atoms with Crippen LogP contribution in [0.4, 0.5) is 11.4 Å². The standard InChI is InChI=1S/C22H19NO4/c1-14-7-3-6-10-19(14)23(2)15-11-12-18(20(24)13-15)21(25)16-8-4-5-9-17(16)22(26)27/h3-13,24H,1-2H3,(H,26,27). The van der Waals surface area contributed by atoms with Gasteiger partial charge in [-0.3, -0.25) is 4.79 Å². The fourth-order valence-corrected chi connectivity index (χ4v) is 3.01. The molecule has 0 saturated carbocycles. The molecule has 0 fully saturated rings. The molecule has 0 aliphatic carbocycles. The summed E-state index contributed by atoms with van der Waals surface area (Å²) in [5.74, 6) is -1.91. The molecule has 0 unspecified atom stereocenters. The molecule has 27 heavy (non-hydrogen) atoms. The lowest BCUT2D eigenvalue weighted by atomic mass is 9.97. The van der Waals surface area contributed by atoms with Gasteiger partial charge in [0.1, 0.15) is 5.75 Å². The lowest BCUT2D eigenvalue weighted by Gasteiger charge is -2.22. The van der Waals surface area contributed by atoms with Crippen LogP contribution in [0, 0.1) is 6.92 Å². The molecular formula is C22H19NO4. The third kappa shape index (κ3) is 3.53. The molecule has 0 saturated heterocycles. The van der Waals surface area contributed by atoms with Crippen LogP contribution in [-0.4, -0.2) is 29.0 Å². The Morgan fingerprint density at radius 2 is 1.48 bits per heavy atom. The van der Waals surface area contributed by atoms with E-state index in [0.29, 0.717) is 5.69 Å². The monoisotopic (exact) mass is 361 g/mol. The molecule has 0 aliphatic rings. The third-order valence-corrected chi connectivity index (χ3v) is 4.49. The molecule has 0 aliphatic heterocycles. The number of nitrogens with zero attached hydrogens (tertiary/aromatic N) is 1. The first kappa shape index (κ1) is 18.2. The van der Waals surface area contributed by atoms with E-state index < -0.39 is 11.8 Å². The van der Waals surface area contributed by atoms with E-state index >= 15 is 0 Å². The number of carbonyl (C=O) groups is 2. The molecule has 3 aromatic carbocycles. The normalized spacial score (nSPS) is 10.4. The van der Waals surface area contributed by atoms with Crippen molar-refractivity contribution >= 4 is 23.1 Å². The van der Waals surface area contributed by atoms with E-state index in [4.69, 9.17) is 0 Å². The lowest BCUT2D eigenvalue weighted by Crippen LogP contribution is -2.12. The molecule has 0 atom stereocenters. The Balaban J connectivity index is 1.97. The highest BCUT2D eigenvalue weighted by atomic mass is 16.4. The number of phenolic OH excluding ortho intramolecular Hbond substituents is 1. The van der Waals surface area contributed by atoms with E-state index in [1.54, 1.807) is 18.2 Å². The second-order valence-corrected chi connectivity index (χ2v) is 6.23. The van der Waals surface area contributed by atoms with Crippen LogP contribution in [0.25, 0.3) is 0 Å². The van der Waals surface area contributed by atoms with Crippen LogP contribution in [0.15, 0.2) is 66.7 Å². The number of carboxylic acid groups (broad SMARTS) is 1.